The first-order valence-corrected chi connectivity index (χ1v) is 9.46. The summed E-state index contributed by atoms with van der Waals surface area (Å²) < 4.78 is 0. The number of aryl methyl sites for hydroxylation is 1. The van der Waals surface area contributed by atoms with Crippen LogP contribution in [0, 0.1) is 13.8 Å². The second-order valence-corrected chi connectivity index (χ2v) is 7.43. The van der Waals surface area contributed by atoms with Gasteiger partial charge in [0.25, 0.3) is 17.7 Å². The molecule has 1 atom stereocenters. The van der Waals surface area contributed by atoms with Gasteiger partial charge in [-0.25, -0.2) is 0 Å². The van der Waals surface area contributed by atoms with Crippen LogP contribution in [-0.2, 0) is 9.59 Å². The SMILES string of the molecule is Cc1cccc(NC(=O)C[NH+](C)CC(=O)Nc2ccc(C(=O)N(C)C)cc2)c1C. The predicted molar refractivity (Wildman–Crippen MR) is 114 cm³/mol. The van der Waals surface area contributed by atoms with Gasteiger partial charge in [-0.15, -0.1) is 0 Å². The number of nitrogens with one attached hydrogen (secondary N) is 3. The average Bonchev–Trinajstić information content (AvgIpc) is 2.65. The minimum Gasteiger partial charge on any atom is -0.345 e. The lowest BCUT2D eigenvalue weighted by molar-refractivity contribution is -0.862. The topological polar surface area (TPSA) is 83.0 Å². The number of quaternary nitrogens is 1. The van der Waals surface area contributed by atoms with E-state index in [4.69, 9.17) is 0 Å². The van der Waals surface area contributed by atoms with Crippen LogP contribution in [-0.4, -0.2) is 56.9 Å². The van der Waals surface area contributed by atoms with E-state index in [0.717, 1.165) is 21.7 Å². The molecule has 1 unspecified atom stereocenters. The third kappa shape index (κ3) is 6.43. The van der Waals surface area contributed by atoms with Crippen molar-refractivity contribution in [1.82, 2.24) is 4.90 Å². The summed E-state index contributed by atoms with van der Waals surface area (Å²) in [6, 6.07) is 12.5. The average molecular weight is 397 g/mol. The molecule has 0 saturated carbocycles. The molecule has 0 spiro atoms. The molecule has 0 aliphatic rings. The lowest BCUT2D eigenvalue weighted by atomic mass is 10.1. The molecule has 0 aliphatic carbocycles. The Kier molecular flexibility index (Phi) is 7.50. The Morgan fingerprint density at radius 2 is 1.48 bits per heavy atom. The van der Waals surface area contributed by atoms with Crippen molar-refractivity contribution in [2.45, 2.75) is 13.8 Å². The van der Waals surface area contributed by atoms with Gasteiger partial charge in [0.05, 0.1) is 7.05 Å². The van der Waals surface area contributed by atoms with Crippen LogP contribution in [0.2, 0.25) is 0 Å². The van der Waals surface area contributed by atoms with E-state index in [1.54, 1.807) is 45.4 Å². The first-order valence-electron chi connectivity index (χ1n) is 9.46. The van der Waals surface area contributed by atoms with Gasteiger partial charge in [0.15, 0.2) is 13.1 Å². The highest BCUT2D eigenvalue weighted by molar-refractivity contribution is 5.96. The number of amides is 3. The van der Waals surface area contributed by atoms with Crippen molar-refractivity contribution in [3.63, 3.8) is 0 Å². The molecule has 0 radical (unpaired) electrons. The van der Waals surface area contributed by atoms with Crippen molar-refractivity contribution < 1.29 is 19.3 Å². The van der Waals surface area contributed by atoms with E-state index in [1.807, 2.05) is 32.0 Å². The quantitative estimate of drug-likeness (QED) is 0.654. The molecule has 29 heavy (non-hydrogen) atoms. The van der Waals surface area contributed by atoms with Crippen LogP contribution in [0.15, 0.2) is 42.5 Å². The molecule has 3 N–H and O–H groups in total. The summed E-state index contributed by atoms with van der Waals surface area (Å²) in [4.78, 5) is 38.7. The van der Waals surface area contributed by atoms with Gasteiger partial charge >= 0.3 is 0 Å². The molecule has 0 aromatic heterocycles. The monoisotopic (exact) mass is 397 g/mol. The van der Waals surface area contributed by atoms with Crippen molar-refractivity contribution >= 4 is 29.1 Å². The fourth-order valence-corrected chi connectivity index (χ4v) is 2.85. The highest BCUT2D eigenvalue weighted by Crippen LogP contribution is 2.17. The largest absolute Gasteiger partial charge is 0.345 e. The van der Waals surface area contributed by atoms with E-state index in [0.29, 0.717) is 11.3 Å². The zero-order valence-electron chi connectivity index (χ0n) is 17.6. The zero-order valence-corrected chi connectivity index (χ0v) is 17.6. The van der Waals surface area contributed by atoms with E-state index in [-0.39, 0.29) is 30.8 Å². The van der Waals surface area contributed by atoms with Gasteiger partial charge in [0, 0.05) is 31.0 Å². The van der Waals surface area contributed by atoms with E-state index in [2.05, 4.69) is 10.6 Å². The van der Waals surface area contributed by atoms with Crippen LogP contribution in [0.4, 0.5) is 11.4 Å². The molecular formula is C22H29N4O3+. The standard InChI is InChI=1S/C22H28N4O3/c1-15-7-6-8-19(16(15)2)24-21(28)14-26(5)13-20(27)23-18-11-9-17(10-12-18)22(29)25(3)4/h6-12H,13-14H2,1-5H3,(H,23,27)(H,24,28)/p+1. The van der Waals surface area contributed by atoms with Gasteiger partial charge in [-0.2, -0.15) is 0 Å². The lowest BCUT2D eigenvalue weighted by Crippen LogP contribution is -3.11. The number of rotatable bonds is 7. The van der Waals surface area contributed by atoms with E-state index >= 15 is 0 Å². The summed E-state index contributed by atoms with van der Waals surface area (Å²) in [6.07, 6.45) is 0. The number of nitrogens with zero attached hydrogens (tertiary/aromatic N) is 1. The van der Waals surface area contributed by atoms with Gasteiger partial charge in [0.1, 0.15) is 0 Å². The van der Waals surface area contributed by atoms with Crippen LogP contribution in [0.5, 0.6) is 0 Å². The molecule has 154 valence electrons. The molecule has 0 saturated heterocycles. The molecule has 7 nitrogen and oxygen atoms in total. The Bertz CT molecular complexity index is 891. The van der Waals surface area contributed by atoms with Crippen molar-refractivity contribution in [3.8, 4) is 0 Å². The van der Waals surface area contributed by atoms with Gasteiger partial charge in [-0.3, -0.25) is 14.4 Å². The third-order valence-electron chi connectivity index (χ3n) is 4.63. The summed E-state index contributed by atoms with van der Waals surface area (Å²) in [6.45, 7) is 4.29. The number of carbonyl (C=O) groups excluding carboxylic acids is 3. The first kappa shape index (κ1) is 22.1. The van der Waals surface area contributed by atoms with Crippen LogP contribution >= 0.6 is 0 Å². The van der Waals surface area contributed by atoms with Crippen LogP contribution in [0.25, 0.3) is 0 Å². The summed E-state index contributed by atoms with van der Waals surface area (Å²) in [5.41, 5.74) is 4.10. The molecular weight excluding hydrogens is 368 g/mol. The van der Waals surface area contributed by atoms with Crippen molar-refractivity contribution in [2.75, 3.05) is 44.9 Å². The summed E-state index contributed by atoms with van der Waals surface area (Å²) >= 11 is 0. The summed E-state index contributed by atoms with van der Waals surface area (Å²) in [5.74, 6) is -0.439. The van der Waals surface area contributed by atoms with E-state index < -0.39 is 0 Å². The molecule has 7 heteroatoms. The van der Waals surface area contributed by atoms with Gasteiger partial charge < -0.3 is 20.4 Å². The molecule has 0 bridgehead atoms. The van der Waals surface area contributed by atoms with Crippen molar-refractivity contribution in [1.29, 1.82) is 0 Å². The highest BCUT2D eigenvalue weighted by atomic mass is 16.2. The fourth-order valence-electron chi connectivity index (χ4n) is 2.85. The minimum atomic E-state index is -0.200. The molecule has 2 aromatic rings. The number of hydrogen-bond donors (Lipinski definition) is 3. The molecule has 2 rings (SSSR count). The van der Waals surface area contributed by atoms with E-state index in [9.17, 15) is 14.4 Å². The number of carbonyl (C=O) groups is 3. The van der Waals surface area contributed by atoms with Crippen molar-refractivity contribution in [2.24, 2.45) is 0 Å². The first-order chi connectivity index (χ1) is 13.7. The Balaban J connectivity index is 1.84. The Labute approximate surface area is 171 Å². The van der Waals surface area contributed by atoms with E-state index in [1.165, 1.54) is 4.90 Å². The maximum Gasteiger partial charge on any atom is 0.279 e. The fraction of sp³-hybridized carbons (Fsp3) is 0.318. The van der Waals surface area contributed by atoms with Crippen LogP contribution < -0.4 is 15.5 Å². The molecule has 3 amide bonds. The van der Waals surface area contributed by atoms with Crippen LogP contribution in [0.1, 0.15) is 21.5 Å². The number of likely N-dealkylation sites (N-methyl/N-ethyl adjacent to an activating group) is 1. The normalized spacial score (nSPS) is 11.5. The Morgan fingerprint density at radius 3 is 2.07 bits per heavy atom. The molecule has 0 aliphatic heterocycles. The maximum atomic E-state index is 12.3. The number of anilines is 2. The summed E-state index contributed by atoms with van der Waals surface area (Å²) in [5, 5.41) is 5.69. The predicted octanol–water partition coefficient (Wildman–Crippen LogP) is 1.10. The van der Waals surface area contributed by atoms with Crippen molar-refractivity contribution in [3.05, 3.63) is 59.2 Å². The molecule has 0 fully saturated rings. The molecule has 0 heterocycles. The Hall–Kier alpha value is -3.19. The summed E-state index contributed by atoms with van der Waals surface area (Å²) in [7, 11) is 5.17. The number of hydrogen-bond acceptors (Lipinski definition) is 3. The Morgan fingerprint density at radius 1 is 0.897 bits per heavy atom. The van der Waals surface area contributed by atoms with Gasteiger partial charge in [0.2, 0.25) is 0 Å². The second kappa shape index (κ2) is 9.84. The van der Waals surface area contributed by atoms with Gasteiger partial charge in [-0.1, -0.05) is 12.1 Å². The maximum absolute atomic E-state index is 12.3. The zero-order chi connectivity index (χ0) is 21.6. The smallest absolute Gasteiger partial charge is 0.279 e. The molecule has 2 aromatic carbocycles. The van der Waals surface area contributed by atoms with Gasteiger partial charge in [-0.05, 0) is 55.3 Å². The third-order valence-corrected chi connectivity index (χ3v) is 4.63. The lowest BCUT2D eigenvalue weighted by Gasteiger charge is -2.15. The highest BCUT2D eigenvalue weighted by Gasteiger charge is 2.16. The number of benzene rings is 2. The van der Waals surface area contributed by atoms with Crippen LogP contribution in [0.3, 0.4) is 0 Å². The minimum absolute atomic E-state index is 0.0955. The second-order valence-electron chi connectivity index (χ2n) is 7.43.